The Morgan fingerprint density at radius 3 is 2.43 bits per heavy atom. The second-order valence-electron chi connectivity index (χ2n) is 4.16. The van der Waals surface area contributed by atoms with E-state index in [0.717, 1.165) is 9.99 Å². The Kier molecular flexibility index (Phi) is 5.97. The molecule has 0 atom stereocenters. The van der Waals surface area contributed by atoms with Crippen LogP contribution in [0.25, 0.3) is 0 Å². The van der Waals surface area contributed by atoms with Gasteiger partial charge in [-0.3, -0.25) is 0 Å². The number of ether oxygens (including phenoxy) is 2. The first kappa shape index (κ1) is 15.7. The van der Waals surface area contributed by atoms with Gasteiger partial charge in [-0.15, -0.1) is 4.98 Å². The van der Waals surface area contributed by atoms with E-state index < -0.39 is 0 Å². The van der Waals surface area contributed by atoms with Gasteiger partial charge in [-0.1, -0.05) is 6.92 Å². The first-order chi connectivity index (χ1) is 10.2. The Balaban J connectivity index is 2.19. The summed E-state index contributed by atoms with van der Waals surface area (Å²) >= 11 is 2.24. The zero-order valence-electron chi connectivity index (χ0n) is 12.0. The molecule has 112 valence electrons. The number of nitrogens with zero attached hydrogens (tertiary/aromatic N) is 3. The van der Waals surface area contributed by atoms with Crippen LogP contribution in [0.3, 0.4) is 0 Å². The molecule has 2 rings (SSSR count). The Bertz CT molecular complexity index is 578. The highest BCUT2D eigenvalue weighted by molar-refractivity contribution is 14.1. The molecular formula is C14H17IN4O2. The van der Waals surface area contributed by atoms with Crippen LogP contribution < -0.4 is 14.8 Å². The number of nitrogens with one attached hydrogen (secondary N) is 1. The Morgan fingerprint density at radius 1 is 1.05 bits per heavy atom. The van der Waals surface area contributed by atoms with E-state index in [1.165, 1.54) is 0 Å². The van der Waals surface area contributed by atoms with Crippen LogP contribution in [0.1, 0.15) is 20.3 Å². The molecule has 0 saturated heterocycles. The summed E-state index contributed by atoms with van der Waals surface area (Å²) < 4.78 is 12.2. The predicted molar refractivity (Wildman–Crippen MR) is 89.0 cm³/mol. The van der Waals surface area contributed by atoms with Crippen molar-refractivity contribution in [2.24, 2.45) is 0 Å². The molecule has 1 N–H and O–H groups in total. The molecule has 0 bridgehead atoms. The van der Waals surface area contributed by atoms with E-state index in [1.54, 1.807) is 0 Å². The minimum absolute atomic E-state index is 0.216. The topological polar surface area (TPSA) is 69.2 Å². The highest BCUT2D eigenvalue weighted by atomic mass is 127. The second kappa shape index (κ2) is 7.96. The van der Waals surface area contributed by atoms with E-state index >= 15 is 0 Å². The molecule has 0 aliphatic rings. The molecule has 0 amide bonds. The molecule has 6 nitrogen and oxygen atoms in total. The van der Waals surface area contributed by atoms with Crippen molar-refractivity contribution in [2.45, 2.75) is 20.3 Å². The lowest BCUT2D eigenvalue weighted by Gasteiger charge is -2.09. The van der Waals surface area contributed by atoms with Gasteiger partial charge in [-0.05, 0) is 60.2 Å². The first-order valence-corrected chi connectivity index (χ1v) is 7.85. The van der Waals surface area contributed by atoms with Crippen molar-refractivity contribution in [3.63, 3.8) is 0 Å². The van der Waals surface area contributed by atoms with E-state index in [-0.39, 0.29) is 12.0 Å². The van der Waals surface area contributed by atoms with E-state index in [0.29, 0.717) is 24.8 Å². The van der Waals surface area contributed by atoms with Gasteiger partial charge in [0.1, 0.15) is 5.75 Å². The Morgan fingerprint density at radius 2 is 1.76 bits per heavy atom. The minimum atomic E-state index is 0.216. The molecule has 0 aliphatic carbocycles. The SMILES string of the molecule is CCCOc1nc(NCC)nc(Oc2ccc(I)cc2)n1. The molecule has 1 aromatic heterocycles. The molecule has 0 unspecified atom stereocenters. The highest BCUT2D eigenvalue weighted by Crippen LogP contribution is 2.21. The lowest BCUT2D eigenvalue weighted by atomic mass is 10.3. The van der Waals surface area contributed by atoms with Crippen molar-refractivity contribution >= 4 is 28.5 Å². The van der Waals surface area contributed by atoms with Crippen LogP contribution in [0.15, 0.2) is 24.3 Å². The van der Waals surface area contributed by atoms with Gasteiger partial charge < -0.3 is 14.8 Å². The van der Waals surface area contributed by atoms with Gasteiger partial charge in [0.05, 0.1) is 6.61 Å². The van der Waals surface area contributed by atoms with E-state index in [1.807, 2.05) is 38.1 Å². The lowest BCUT2D eigenvalue weighted by Crippen LogP contribution is -2.08. The van der Waals surface area contributed by atoms with Crippen LogP contribution in [0, 0.1) is 3.57 Å². The van der Waals surface area contributed by atoms with E-state index in [9.17, 15) is 0 Å². The summed E-state index contributed by atoms with van der Waals surface area (Å²) in [5.74, 6) is 1.12. The normalized spacial score (nSPS) is 10.2. The third-order valence-corrected chi connectivity index (χ3v) is 3.11. The summed E-state index contributed by atoms with van der Waals surface area (Å²) in [4.78, 5) is 12.6. The summed E-state index contributed by atoms with van der Waals surface area (Å²) in [5, 5.41) is 3.04. The molecule has 0 fully saturated rings. The van der Waals surface area contributed by atoms with Crippen molar-refractivity contribution in [1.82, 2.24) is 15.0 Å². The quantitative estimate of drug-likeness (QED) is 0.718. The predicted octanol–water partition coefficient (Wildman–Crippen LogP) is 3.49. The fraction of sp³-hybridized carbons (Fsp3) is 0.357. The molecule has 0 spiro atoms. The van der Waals surface area contributed by atoms with Gasteiger partial charge in [0.15, 0.2) is 0 Å². The van der Waals surface area contributed by atoms with Crippen molar-refractivity contribution < 1.29 is 9.47 Å². The van der Waals surface area contributed by atoms with Crippen LogP contribution in [-0.4, -0.2) is 28.1 Å². The van der Waals surface area contributed by atoms with E-state index in [2.05, 4.69) is 42.9 Å². The van der Waals surface area contributed by atoms with Crippen LogP contribution in [0.2, 0.25) is 0 Å². The smallest absolute Gasteiger partial charge is 0.330 e. The molecular weight excluding hydrogens is 383 g/mol. The molecule has 21 heavy (non-hydrogen) atoms. The molecule has 7 heteroatoms. The highest BCUT2D eigenvalue weighted by Gasteiger charge is 2.09. The Hall–Kier alpha value is -1.64. The third kappa shape index (κ3) is 5.00. The van der Waals surface area contributed by atoms with Crippen LogP contribution >= 0.6 is 22.6 Å². The summed E-state index contributed by atoms with van der Waals surface area (Å²) in [5.41, 5.74) is 0. The summed E-state index contributed by atoms with van der Waals surface area (Å²) in [7, 11) is 0. The summed E-state index contributed by atoms with van der Waals surface area (Å²) in [6.45, 7) is 5.25. The van der Waals surface area contributed by atoms with Gasteiger partial charge in [0.25, 0.3) is 0 Å². The van der Waals surface area contributed by atoms with Gasteiger partial charge in [0, 0.05) is 10.1 Å². The summed E-state index contributed by atoms with van der Waals surface area (Å²) in [6.07, 6.45) is 0.884. The third-order valence-electron chi connectivity index (χ3n) is 2.39. The zero-order chi connectivity index (χ0) is 15.1. The van der Waals surface area contributed by atoms with Gasteiger partial charge in [-0.25, -0.2) is 0 Å². The molecule has 0 aliphatic heterocycles. The maximum Gasteiger partial charge on any atom is 0.330 e. The fourth-order valence-electron chi connectivity index (χ4n) is 1.49. The number of anilines is 1. The lowest BCUT2D eigenvalue weighted by molar-refractivity contribution is 0.285. The van der Waals surface area contributed by atoms with Crippen LogP contribution in [-0.2, 0) is 0 Å². The maximum atomic E-state index is 5.66. The van der Waals surface area contributed by atoms with E-state index in [4.69, 9.17) is 9.47 Å². The van der Waals surface area contributed by atoms with Crippen LogP contribution in [0.4, 0.5) is 5.95 Å². The number of hydrogen-bond acceptors (Lipinski definition) is 6. The maximum absolute atomic E-state index is 5.66. The zero-order valence-corrected chi connectivity index (χ0v) is 14.1. The van der Waals surface area contributed by atoms with Crippen molar-refractivity contribution in [2.75, 3.05) is 18.5 Å². The number of benzene rings is 1. The first-order valence-electron chi connectivity index (χ1n) is 6.77. The van der Waals surface area contributed by atoms with Crippen molar-refractivity contribution in [3.05, 3.63) is 27.8 Å². The largest absolute Gasteiger partial charge is 0.463 e. The monoisotopic (exact) mass is 400 g/mol. The number of halogens is 1. The average molecular weight is 400 g/mol. The van der Waals surface area contributed by atoms with Crippen LogP contribution in [0.5, 0.6) is 17.8 Å². The van der Waals surface area contributed by atoms with Crippen molar-refractivity contribution in [1.29, 1.82) is 0 Å². The molecule has 1 aromatic carbocycles. The summed E-state index contributed by atoms with van der Waals surface area (Å²) in [6, 6.07) is 8.13. The van der Waals surface area contributed by atoms with Gasteiger partial charge in [0.2, 0.25) is 5.95 Å². The molecule has 2 aromatic rings. The minimum Gasteiger partial charge on any atom is -0.463 e. The Labute approximate surface area is 137 Å². The van der Waals surface area contributed by atoms with Crippen molar-refractivity contribution in [3.8, 4) is 17.8 Å². The number of hydrogen-bond donors (Lipinski definition) is 1. The van der Waals surface area contributed by atoms with Gasteiger partial charge in [-0.2, -0.15) is 9.97 Å². The standard InChI is InChI=1S/C14H17IN4O2/c1-3-9-20-13-17-12(16-4-2)18-14(19-13)21-11-7-5-10(15)6-8-11/h5-8H,3-4,9H2,1-2H3,(H,16,17,18,19). The molecule has 0 saturated carbocycles. The molecule has 0 radical (unpaired) electrons. The number of rotatable bonds is 7. The average Bonchev–Trinajstić information content (AvgIpc) is 2.48. The number of aromatic nitrogens is 3. The second-order valence-corrected chi connectivity index (χ2v) is 5.40. The van der Waals surface area contributed by atoms with Gasteiger partial charge >= 0.3 is 12.0 Å². The fourth-order valence-corrected chi connectivity index (χ4v) is 1.85. The molecule has 1 heterocycles.